The fraction of sp³-hybridized carbons (Fsp3) is 0.448. The molecule has 1 aliphatic rings. The second-order valence-corrected chi connectivity index (χ2v) is 11.5. The summed E-state index contributed by atoms with van der Waals surface area (Å²) in [4.78, 5) is 21.3. The summed E-state index contributed by atoms with van der Waals surface area (Å²) in [7, 11) is 5.31. The van der Waals surface area contributed by atoms with E-state index in [1.807, 2.05) is 37.2 Å². The minimum absolute atomic E-state index is 0.265. The van der Waals surface area contributed by atoms with Crippen LogP contribution in [-0.4, -0.2) is 72.7 Å². The van der Waals surface area contributed by atoms with Gasteiger partial charge in [-0.2, -0.15) is 0 Å². The minimum Gasteiger partial charge on any atom is -0.497 e. The van der Waals surface area contributed by atoms with Crippen LogP contribution >= 0.6 is 11.8 Å². The van der Waals surface area contributed by atoms with Crippen molar-refractivity contribution in [3.05, 3.63) is 59.5 Å². The highest BCUT2D eigenvalue weighted by Gasteiger charge is 2.41. The lowest BCUT2D eigenvalue weighted by Gasteiger charge is -2.39. The summed E-state index contributed by atoms with van der Waals surface area (Å²) >= 11 is 1.22. The molecule has 7 nitrogen and oxygen atoms in total. The van der Waals surface area contributed by atoms with Crippen LogP contribution in [0.1, 0.15) is 37.4 Å². The zero-order valence-electron chi connectivity index (χ0n) is 22.8. The van der Waals surface area contributed by atoms with Crippen molar-refractivity contribution in [2.45, 2.75) is 36.7 Å². The number of methoxy groups -OCH3 is 1. The SMILES string of the molecule is COc1ccc2ncc(N(C)C)c(C(O)CCC3(C(=O)O)CCN(CCSc4cc(F)c(F)c(F)c4)CC3)c2c1. The fourth-order valence-electron chi connectivity index (χ4n) is 5.26. The summed E-state index contributed by atoms with van der Waals surface area (Å²) in [5.74, 6) is -3.63. The van der Waals surface area contributed by atoms with Gasteiger partial charge in [0.05, 0.1) is 36.0 Å². The van der Waals surface area contributed by atoms with E-state index in [-0.39, 0.29) is 6.42 Å². The van der Waals surface area contributed by atoms with Crippen molar-refractivity contribution in [2.24, 2.45) is 5.41 Å². The number of aromatic nitrogens is 1. The van der Waals surface area contributed by atoms with Crippen LogP contribution in [0.3, 0.4) is 0 Å². The van der Waals surface area contributed by atoms with Crippen LogP contribution in [0, 0.1) is 22.9 Å². The normalized spacial score (nSPS) is 16.2. The van der Waals surface area contributed by atoms with Gasteiger partial charge in [0.25, 0.3) is 0 Å². The molecule has 4 rings (SSSR count). The molecule has 0 aliphatic carbocycles. The van der Waals surface area contributed by atoms with E-state index in [9.17, 15) is 28.2 Å². The van der Waals surface area contributed by atoms with Gasteiger partial charge in [-0.1, -0.05) is 0 Å². The number of thioether (sulfide) groups is 1. The Morgan fingerprint density at radius 1 is 1.18 bits per heavy atom. The van der Waals surface area contributed by atoms with E-state index < -0.39 is 34.9 Å². The van der Waals surface area contributed by atoms with Crippen molar-refractivity contribution in [1.82, 2.24) is 9.88 Å². The number of anilines is 1. The number of halogens is 3. The number of benzene rings is 2. The molecule has 1 aliphatic heterocycles. The summed E-state index contributed by atoms with van der Waals surface area (Å²) in [6.45, 7) is 1.70. The fourth-order valence-corrected chi connectivity index (χ4v) is 6.22. The van der Waals surface area contributed by atoms with Crippen molar-refractivity contribution in [3.8, 4) is 5.75 Å². The molecule has 1 atom stereocenters. The average molecular weight is 578 g/mol. The number of piperidine rings is 1. The monoisotopic (exact) mass is 577 g/mol. The van der Waals surface area contributed by atoms with Crippen LogP contribution in [0.4, 0.5) is 18.9 Å². The zero-order valence-corrected chi connectivity index (χ0v) is 23.6. The van der Waals surface area contributed by atoms with Gasteiger partial charge in [0.15, 0.2) is 17.5 Å². The smallest absolute Gasteiger partial charge is 0.309 e. The topological polar surface area (TPSA) is 86.1 Å². The lowest BCUT2D eigenvalue weighted by Crippen LogP contribution is -2.45. The first-order valence-corrected chi connectivity index (χ1v) is 14.1. The van der Waals surface area contributed by atoms with E-state index in [0.717, 1.165) is 23.2 Å². The largest absolute Gasteiger partial charge is 0.497 e. The zero-order chi connectivity index (χ0) is 29.0. The highest BCUT2D eigenvalue weighted by molar-refractivity contribution is 7.99. The van der Waals surface area contributed by atoms with E-state index >= 15 is 0 Å². The van der Waals surface area contributed by atoms with Crippen molar-refractivity contribution >= 4 is 34.3 Å². The number of fused-ring (bicyclic) bond motifs is 1. The molecule has 0 saturated carbocycles. The molecule has 1 saturated heterocycles. The standard InChI is InChI=1S/C29H34F3N3O4S/c1-34(2)24-17-33-23-5-4-18(39-3)14-20(23)26(24)25(36)6-7-29(28(37)38)8-10-35(11-9-29)12-13-40-19-15-21(30)27(32)22(31)16-19/h4-5,14-17,25,36H,6-13H2,1-3H3,(H,37,38). The lowest BCUT2D eigenvalue weighted by atomic mass is 9.74. The van der Waals surface area contributed by atoms with Crippen LogP contribution in [0.2, 0.25) is 0 Å². The lowest BCUT2D eigenvalue weighted by molar-refractivity contribution is -0.153. The Labute approximate surface area is 235 Å². The summed E-state index contributed by atoms with van der Waals surface area (Å²) in [6, 6.07) is 7.43. The summed E-state index contributed by atoms with van der Waals surface area (Å²) < 4.78 is 45.5. The van der Waals surface area contributed by atoms with Crippen LogP contribution < -0.4 is 9.64 Å². The van der Waals surface area contributed by atoms with Gasteiger partial charge in [-0.3, -0.25) is 9.78 Å². The second kappa shape index (κ2) is 12.7. The molecule has 0 radical (unpaired) electrons. The van der Waals surface area contributed by atoms with Gasteiger partial charge >= 0.3 is 5.97 Å². The molecule has 1 aromatic heterocycles. The molecule has 2 aromatic carbocycles. The third-order valence-electron chi connectivity index (χ3n) is 7.71. The third-order valence-corrected chi connectivity index (χ3v) is 8.66. The number of pyridine rings is 1. The van der Waals surface area contributed by atoms with E-state index in [2.05, 4.69) is 9.88 Å². The number of aliphatic hydroxyl groups excluding tert-OH is 1. The Morgan fingerprint density at radius 2 is 1.85 bits per heavy atom. The quantitative estimate of drug-likeness (QED) is 0.228. The number of aliphatic carboxylic acids is 1. The van der Waals surface area contributed by atoms with Crippen LogP contribution in [0.15, 0.2) is 41.4 Å². The van der Waals surface area contributed by atoms with Crippen LogP contribution in [0.25, 0.3) is 10.9 Å². The van der Waals surface area contributed by atoms with Crippen LogP contribution in [0.5, 0.6) is 5.75 Å². The molecule has 2 N–H and O–H groups in total. The Hall–Kier alpha value is -3.02. The van der Waals surface area contributed by atoms with Crippen molar-refractivity contribution in [2.75, 3.05) is 51.5 Å². The maximum absolute atomic E-state index is 13.5. The molecular formula is C29H34F3N3O4S. The molecule has 0 spiro atoms. The van der Waals surface area contributed by atoms with E-state index in [1.54, 1.807) is 13.3 Å². The number of hydrogen-bond acceptors (Lipinski definition) is 7. The number of carboxylic acids is 1. The van der Waals surface area contributed by atoms with Gasteiger partial charge in [0.1, 0.15) is 5.75 Å². The predicted octanol–water partition coefficient (Wildman–Crippen LogP) is 5.50. The molecule has 216 valence electrons. The number of hydrogen-bond donors (Lipinski definition) is 2. The number of ether oxygens (including phenoxy) is 1. The molecule has 0 amide bonds. The molecule has 1 unspecified atom stereocenters. The molecular weight excluding hydrogens is 543 g/mol. The van der Waals surface area contributed by atoms with Crippen LogP contribution in [-0.2, 0) is 4.79 Å². The first-order valence-electron chi connectivity index (χ1n) is 13.1. The summed E-state index contributed by atoms with van der Waals surface area (Å²) in [5, 5.41) is 22.4. The number of likely N-dealkylation sites (tertiary alicyclic amines) is 1. The maximum atomic E-state index is 13.5. The molecule has 40 heavy (non-hydrogen) atoms. The molecule has 0 bridgehead atoms. The van der Waals surface area contributed by atoms with Crippen molar-refractivity contribution < 1.29 is 32.9 Å². The Morgan fingerprint density at radius 3 is 2.45 bits per heavy atom. The van der Waals surface area contributed by atoms with Gasteiger partial charge in [-0.05, 0) is 69.1 Å². The van der Waals surface area contributed by atoms with Gasteiger partial charge in [-0.25, -0.2) is 13.2 Å². The van der Waals surface area contributed by atoms with E-state index in [0.29, 0.717) is 66.4 Å². The highest BCUT2D eigenvalue weighted by Crippen LogP contribution is 2.41. The summed E-state index contributed by atoms with van der Waals surface area (Å²) in [6.07, 6.45) is 2.22. The first kappa shape index (κ1) is 30.0. The summed E-state index contributed by atoms with van der Waals surface area (Å²) in [5.41, 5.74) is 1.20. The third kappa shape index (κ3) is 6.47. The van der Waals surface area contributed by atoms with E-state index in [1.165, 1.54) is 11.8 Å². The van der Waals surface area contributed by atoms with Crippen molar-refractivity contribution in [1.29, 1.82) is 0 Å². The predicted molar refractivity (Wildman–Crippen MR) is 150 cm³/mol. The molecule has 11 heteroatoms. The number of carboxylic acid groups (broad SMARTS) is 1. The highest BCUT2D eigenvalue weighted by atomic mass is 32.2. The molecule has 1 fully saturated rings. The number of carbonyl (C=O) groups is 1. The Kier molecular flexibility index (Phi) is 9.48. The Balaban J connectivity index is 1.40. The first-order chi connectivity index (χ1) is 19.0. The van der Waals surface area contributed by atoms with E-state index in [4.69, 9.17) is 4.74 Å². The van der Waals surface area contributed by atoms with Crippen molar-refractivity contribution in [3.63, 3.8) is 0 Å². The van der Waals surface area contributed by atoms with Gasteiger partial charge in [-0.15, -0.1) is 11.8 Å². The molecule has 3 aromatic rings. The number of aliphatic hydroxyl groups is 1. The van der Waals surface area contributed by atoms with Gasteiger partial charge in [0, 0.05) is 42.2 Å². The van der Waals surface area contributed by atoms with Gasteiger partial charge < -0.3 is 24.7 Å². The maximum Gasteiger partial charge on any atom is 0.309 e. The number of rotatable bonds is 11. The molecule has 2 heterocycles. The Bertz CT molecular complexity index is 1340. The minimum atomic E-state index is -1.48. The second-order valence-electron chi connectivity index (χ2n) is 10.4. The van der Waals surface area contributed by atoms with Gasteiger partial charge in [0.2, 0.25) is 0 Å². The number of nitrogens with zero attached hydrogens (tertiary/aromatic N) is 3. The average Bonchev–Trinajstić information content (AvgIpc) is 2.94.